The molecule has 1 aromatic heterocycles. The first-order valence-corrected chi connectivity index (χ1v) is 5.28. The Labute approximate surface area is 98.2 Å². The van der Waals surface area contributed by atoms with E-state index < -0.39 is 11.6 Å². The Hall–Kier alpha value is -0.740. The van der Waals surface area contributed by atoms with Crippen molar-refractivity contribution in [2.75, 3.05) is 0 Å². The van der Waals surface area contributed by atoms with Crippen molar-refractivity contribution in [3.8, 4) is 0 Å². The summed E-state index contributed by atoms with van der Waals surface area (Å²) >= 11 is 9.17. The first kappa shape index (κ1) is 10.8. The summed E-state index contributed by atoms with van der Waals surface area (Å²) in [5.41, 5.74) is 0.653. The van der Waals surface area contributed by atoms with Gasteiger partial charge in [0.25, 0.3) is 0 Å². The van der Waals surface area contributed by atoms with E-state index in [9.17, 15) is 8.78 Å². The van der Waals surface area contributed by atoms with Crippen molar-refractivity contribution in [3.05, 3.63) is 39.0 Å². The SMILES string of the molecule is Cc1nc2c(F)cc(F)cc2c(Cl)c1Br. The molecule has 0 saturated heterocycles. The van der Waals surface area contributed by atoms with Gasteiger partial charge < -0.3 is 0 Å². The molecule has 0 saturated carbocycles. The lowest BCUT2D eigenvalue weighted by Gasteiger charge is -2.06. The zero-order chi connectivity index (χ0) is 11.2. The molecule has 0 amide bonds. The van der Waals surface area contributed by atoms with Crippen LogP contribution in [-0.4, -0.2) is 4.98 Å². The molecule has 1 aromatic carbocycles. The van der Waals surface area contributed by atoms with E-state index in [1.54, 1.807) is 6.92 Å². The van der Waals surface area contributed by atoms with Crippen LogP contribution in [0, 0.1) is 18.6 Å². The highest BCUT2D eigenvalue weighted by molar-refractivity contribution is 9.10. The molecule has 78 valence electrons. The summed E-state index contributed by atoms with van der Waals surface area (Å²) < 4.78 is 26.9. The van der Waals surface area contributed by atoms with Crippen molar-refractivity contribution >= 4 is 38.4 Å². The highest BCUT2D eigenvalue weighted by Crippen LogP contribution is 2.33. The van der Waals surface area contributed by atoms with Gasteiger partial charge >= 0.3 is 0 Å². The molecule has 15 heavy (non-hydrogen) atoms. The van der Waals surface area contributed by atoms with Crippen LogP contribution in [0.1, 0.15) is 5.69 Å². The lowest BCUT2D eigenvalue weighted by atomic mass is 10.2. The van der Waals surface area contributed by atoms with E-state index in [0.29, 0.717) is 10.2 Å². The topological polar surface area (TPSA) is 12.9 Å². The van der Waals surface area contributed by atoms with E-state index in [0.717, 1.165) is 12.1 Å². The lowest BCUT2D eigenvalue weighted by Crippen LogP contribution is -1.92. The molecular weight excluding hydrogens is 287 g/mol. The van der Waals surface area contributed by atoms with Crippen molar-refractivity contribution in [2.45, 2.75) is 6.92 Å². The second-order valence-electron chi connectivity index (χ2n) is 3.11. The monoisotopic (exact) mass is 291 g/mol. The average molecular weight is 293 g/mol. The molecule has 5 heteroatoms. The van der Waals surface area contributed by atoms with Crippen LogP contribution in [0.15, 0.2) is 16.6 Å². The van der Waals surface area contributed by atoms with E-state index in [1.807, 2.05) is 0 Å². The zero-order valence-electron chi connectivity index (χ0n) is 7.61. The van der Waals surface area contributed by atoms with Gasteiger partial charge in [0.15, 0.2) is 5.82 Å². The Morgan fingerprint density at radius 3 is 2.67 bits per heavy atom. The van der Waals surface area contributed by atoms with Crippen LogP contribution in [0.2, 0.25) is 5.02 Å². The van der Waals surface area contributed by atoms with Gasteiger partial charge in [-0.3, -0.25) is 0 Å². The van der Waals surface area contributed by atoms with Crippen LogP contribution < -0.4 is 0 Å². The molecule has 0 fully saturated rings. The minimum absolute atomic E-state index is 0.0853. The molecule has 2 aromatic rings. The number of fused-ring (bicyclic) bond motifs is 1. The minimum Gasteiger partial charge on any atom is -0.249 e. The predicted octanol–water partition coefficient (Wildman–Crippen LogP) is 4.24. The van der Waals surface area contributed by atoms with E-state index in [2.05, 4.69) is 20.9 Å². The maximum absolute atomic E-state index is 13.4. The summed E-state index contributed by atoms with van der Waals surface area (Å²) in [5, 5.41) is 0.544. The highest BCUT2D eigenvalue weighted by Gasteiger charge is 2.13. The fourth-order valence-electron chi connectivity index (χ4n) is 1.34. The summed E-state index contributed by atoms with van der Waals surface area (Å²) in [6.07, 6.45) is 0. The number of aryl methyl sites for hydroxylation is 1. The summed E-state index contributed by atoms with van der Waals surface area (Å²) in [7, 11) is 0. The molecule has 1 heterocycles. The van der Waals surface area contributed by atoms with Crippen LogP contribution in [0.5, 0.6) is 0 Å². The smallest absolute Gasteiger partial charge is 0.152 e. The molecule has 0 aliphatic rings. The average Bonchev–Trinajstić information content (AvgIpc) is 2.17. The molecule has 0 spiro atoms. The van der Waals surface area contributed by atoms with Gasteiger partial charge in [-0.25, -0.2) is 13.8 Å². The third kappa shape index (κ3) is 1.72. The van der Waals surface area contributed by atoms with E-state index in [4.69, 9.17) is 11.6 Å². The molecule has 0 bridgehead atoms. The first-order chi connectivity index (χ1) is 7.00. The zero-order valence-corrected chi connectivity index (χ0v) is 9.96. The maximum Gasteiger partial charge on any atom is 0.152 e. The quantitative estimate of drug-likeness (QED) is 0.708. The maximum atomic E-state index is 13.4. The second-order valence-corrected chi connectivity index (χ2v) is 4.28. The van der Waals surface area contributed by atoms with Crippen LogP contribution >= 0.6 is 27.5 Å². The van der Waals surface area contributed by atoms with Gasteiger partial charge in [0, 0.05) is 11.5 Å². The number of halogens is 4. The number of pyridine rings is 1. The van der Waals surface area contributed by atoms with E-state index in [-0.39, 0.29) is 15.9 Å². The summed E-state index contributed by atoms with van der Waals surface area (Å²) in [6, 6.07) is 1.96. The van der Waals surface area contributed by atoms with Crippen LogP contribution in [0.3, 0.4) is 0 Å². The standard InChI is InChI=1S/C10H5BrClF2N/c1-4-8(11)9(12)6-2-5(13)3-7(14)10(6)15-4/h2-3H,1H3. The third-order valence-electron chi connectivity index (χ3n) is 2.05. The van der Waals surface area contributed by atoms with Crippen molar-refractivity contribution < 1.29 is 8.78 Å². The summed E-state index contributed by atoms with van der Waals surface area (Å²) in [6.45, 7) is 1.69. The van der Waals surface area contributed by atoms with Crippen molar-refractivity contribution in [2.24, 2.45) is 0 Å². The Morgan fingerprint density at radius 1 is 1.33 bits per heavy atom. The fourth-order valence-corrected chi connectivity index (χ4v) is 1.92. The third-order valence-corrected chi connectivity index (χ3v) is 3.65. The number of aromatic nitrogens is 1. The molecule has 0 N–H and O–H groups in total. The Bertz CT molecular complexity index is 557. The van der Waals surface area contributed by atoms with Gasteiger partial charge in [-0.2, -0.15) is 0 Å². The normalized spacial score (nSPS) is 11.0. The van der Waals surface area contributed by atoms with Crippen LogP contribution in [0.25, 0.3) is 10.9 Å². The molecule has 0 radical (unpaired) electrons. The van der Waals surface area contributed by atoms with Gasteiger partial charge in [0.05, 0.1) is 15.2 Å². The Kier molecular flexibility index (Phi) is 2.64. The van der Waals surface area contributed by atoms with Crippen LogP contribution in [-0.2, 0) is 0 Å². The molecule has 0 aliphatic carbocycles. The number of nitrogens with zero attached hydrogens (tertiary/aromatic N) is 1. The first-order valence-electron chi connectivity index (χ1n) is 4.11. The number of rotatable bonds is 0. The molecule has 2 rings (SSSR count). The summed E-state index contributed by atoms with van der Waals surface area (Å²) in [4.78, 5) is 4.00. The minimum atomic E-state index is -0.706. The van der Waals surface area contributed by atoms with Crippen molar-refractivity contribution in [1.82, 2.24) is 4.98 Å². The Balaban J connectivity index is 2.98. The molecule has 0 atom stereocenters. The number of benzene rings is 1. The number of hydrogen-bond donors (Lipinski definition) is 0. The fraction of sp³-hybridized carbons (Fsp3) is 0.100. The van der Waals surface area contributed by atoms with Gasteiger partial charge in [0.2, 0.25) is 0 Å². The number of hydrogen-bond acceptors (Lipinski definition) is 1. The largest absolute Gasteiger partial charge is 0.249 e. The lowest BCUT2D eigenvalue weighted by molar-refractivity contribution is 0.590. The molecule has 0 unspecified atom stereocenters. The van der Waals surface area contributed by atoms with Crippen molar-refractivity contribution in [1.29, 1.82) is 0 Å². The van der Waals surface area contributed by atoms with Gasteiger partial charge in [0.1, 0.15) is 11.3 Å². The molecule has 1 nitrogen and oxygen atoms in total. The van der Waals surface area contributed by atoms with Crippen LogP contribution in [0.4, 0.5) is 8.78 Å². The molecular formula is C10H5BrClF2N. The van der Waals surface area contributed by atoms with E-state index in [1.165, 1.54) is 0 Å². The summed E-state index contributed by atoms with van der Waals surface area (Å²) in [5.74, 6) is -1.37. The van der Waals surface area contributed by atoms with E-state index >= 15 is 0 Å². The van der Waals surface area contributed by atoms with Gasteiger partial charge in [-0.15, -0.1) is 0 Å². The predicted molar refractivity (Wildman–Crippen MR) is 59.1 cm³/mol. The highest BCUT2D eigenvalue weighted by atomic mass is 79.9. The van der Waals surface area contributed by atoms with Gasteiger partial charge in [-0.1, -0.05) is 11.6 Å². The molecule has 0 aliphatic heterocycles. The van der Waals surface area contributed by atoms with Gasteiger partial charge in [-0.05, 0) is 28.9 Å². The van der Waals surface area contributed by atoms with Crippen molar-refractivity contribution in [3.63, 3.8) is 0 Å². The Morgan fingerprint density at radius 2 is 2.00 bits per heavy atom. The second kappa shape index (κ2) is 3.68.